The molecule has 0 N–H and O–H groups in total. The molecule has 3 aliphatic rings. The average molecular weight is 238 g/mol. The second-order valence-electron chi connectivity index (χ2n) is 8.01. The largest absolute Gasteiger partial charge is 0.290 e. The number of hydrogen-bond donors (Lipinski definition) is 0. The van der Waals surface area contributed by atoms with Gasteiger partial charge < -0.3 is 0 Å². The second kappa shape index (κ2) is 3.71. The molecule has 0 spiro atoms. The van der Waals surface area contributed by atoms with Crippen molar-refractivity contribution in [3.8, 4) is 0 Å². The van der Waals surface area contributed by atoms with Crippen LogP contribution in [0.3, 0.4) is 0 Å². The molecule has 3 fully saturated rings. The van der Waals surface area contributed by atoms with Crippen molar-refractivity contribution < 1.29 is 0 Å². The molecule has 0 aromatic heterocycles. The van der Waals surface area contributed by atoms with E-state index in [2.05, 4.69) is 65.2 Å². The first-order valence-corrected chi connectivity index (χ1v) is 7.12. The lowest BCUT2D eigenvalue weighted by Crippen LogP contribution is -2.80. The molecule has 100 valence electrons. The fourth-order valence-corrected chi connectivity index (χ4v) is 4.40. The minimum atomic E-state index is 0.291. The van der Waals surface area contributed by atoms with Gasteiger partial charge in [-0.15, -0.1) is 0 Å². The molecule has 0 radical (unpaired) electrons. The monoisotopic (exact) mass is 238 g/mol. The molecule has 2 nitrogen and oxygen atoms in total. The van der Waals surface area contributed by atoms with Crippen molar-refractivity contribution in [1.82, 2.24) is 9.80 Å². The summed E-state index contributed by atoms with van der Waals surface area (Å²) < 4.78 is 0. The van der Waals surface area contributed by atoms with E-state index in [-0.39, 0.29) is 0 Å². The van der Waals surface area contributed by atoms with E-state index in [1.807, 2.05) is 0 Å². The van der Waals surface area contributed by atoms with Crippen LogP contribution in [0.4, 0.5) is 0 Å². The van der Waals surface area contributed by atoms with Crippen LogP contribution in [0.5, 0.6) is 0 Å². The van der Waals surface area contributed by atoms with Crippen LogP contribution >= 0.6 is 0 Å². The zero-order chi connectivity index (χ0) is 13.2. The summed E-state index contributed by atoms with van der Waals surface area (Å²) >= 11 is 0. The van der Waals surface area contributed by atoms with Crippen molar-refractivity contribution in [2.45, 2.75) is 97.1 Å². The predicted octanol–water partition coefficient (Wildman–Crippen LogP) is 3.12. The Morgan fingerprint density at radius 1 is 0.706 bits per heavy atom. The third-order valence-electron chi connectivity index (χ3n) is 4.74. The highest BCUT2D eigenvalue weighted by molar-refractivity contribution is 5.13. The van der Waals surface area contributed by atoms with Crippen LogP contribution in [0.2, 0.25) is 0 Å². The lowest BCUT2D eigenvalue weighted by atomic mass is 9.72. The average Bonchev–Trinajstić information content (AvgIpc) is 1.93. The topological polar surface area (TPSA) is 6.48 Å². The molecule has 2 bridgehead atoms. The number of piperazine rings is 1. The van der Waals surface area contributed by atoms with Crippen molar-refractivity contribution in [1.29, 1.82) is 0 Å². The van der Waals surface area contributed by atoms with Gasteiger partial charge in [-0.1, -0.05) is 0 Å². The van der Waals surface area contributed by atoms with Gasteiger partial charge in [-0.25, -0.2) is 0 Å². The van der Waals surface area contributed by atoms with Crippen LogP contribution in [0.1, 0.15) is 61.8 Å². The fourth-order valence-electron chi connectivity index (χ4n) is 4.40. The van der Waals surface area contributed by atoms with Crippen molar-refractivity contribution in [2.75, 3.05) is 0 Å². The molecular weight excluding hydrogens is 208 g/mol. The van der Waals surface area contributed by atoms with Gasteiger partial charge in [-0.3, -0.25) is 9.80 Å². The maximum atomic E-state index is 2.75. The molecule has 4 unspecified atom stereocenters. The Morgan fingerprint density at radius 2 is 1.06 bits per heavy atom. The third kappa shape index (κ3) is 1.94. The molecule has 3 aliphatic heterocycles. The molecule has 0 aromatic carbocycles. The van der Waals surface area contributed by atoms with E-state index >= 15 is 0 Å². The Morgan fingerprint density at radius 3 is 1.35 bits per heavy atom. The number of piperidine rings is 1. The summed E-state index contributed by atoms with van der Waals surface area (Å²) in [4.78, 5) is 5.48. The SMILES string of the molecule is CC1C2CC(C(C)N1C(C)(C)C)N2C(C)(C)C. The Bertz CT molecular complexity index is 281. The highest BCUT2D eigenvalue weighted by atomic mass is 15.4. The zero-order valence-corrected chi connectivity index (χ0v) is 12.9. The Labute approximate surface area is 107 Å². The fraction of sp³-hybridized carbons (Fsp3) is 1.00. The molecule has 3 rings (SSSR count). The first-order valence-electron chi connectivity index (χ1n) is 7.12. The maximum absolute atomic E-state index is 2.75. The van der Waals surface area contributed by atoms with Crippen LogP contribution in [-0.2, 0) is 0 Å². The minimum absolute atomic E-state index is 0.291. The summed E-state index contributed by atoms with van der Waals surface area (Å²) in [6.07, 6.45) is 1.40. The molecule has 4 atom stereocenters. The molecule has 17 heavy (non-hydrogen) atoms. The Balaban J connectivity index is 2.24. The summed E-state index contributed by atoms with van der Waals surface area (Å²) in [6, 6.07) is 2.87. The van der Waals surface area contributed by atoms with E-state index in [9.17, 15) is 0 Å². The molecule has 2 heteroatoms. The van der Waals surface area contributed by atoms with Gasteiger partial charge in [0.15, 0.2) is 0 Å². The molecule has 0 aromatic rings. The Kier molecular flexibility index (Phi) is 2.91. The van der Waals surface area contributed by atoms with E-state index in [0.29, 0.717) is 23.2 Å². The van der Waals surface area contributed by atoms with Gasteiger partial charge >= 0.3 is 0 Å². The normalized spacial score (nSPS) is 40.2. The van der Waals surface area contributed by atoms with Gasteiger partial charge in [0.1, 0.15) is 0 Å². The van der Waals surface area contributed by atoms with Gasteiger partial charge in [0.05, 0.1) is 0 Å². The lowest BCUT2D eigenvalue weighted by Gasteiger charge is -2.69. The minimum Gasteiger partial charge on any atom is -0.290 e. The van der Waals surface area contributed by atoms with Crippen molar-refractivity contribution >= 4 is 0 Å². The van der Waals surface area contributed by atoms with Crippen LogP contribution < -0.4 is 0 Å². The number of rotatable bonds is 0. The quantitative estimate of drug-likeness (QED) is 0.640. The van der Waals surface area contributed by atoms with Gasteiger partial charge in [0, 0.05) is 35.2 Å². The number of hydrogen-bond acceptors (Lipinski definition) is 2. The van der Waals surface area contributed by atoms with E-state index in [0.717, 1.165) is 12.1 Å². The van der Waals surface area contributed by atoms with Gasteiger partial charge in [-0.05, 0) is 61.8 Å². The highest BCUT2D eigenvalue weighted by Crippen LogP contribution is 2.46. The zero-order valence-electron chi connectivity index (χ0n) is 12.9. The molecule has 0 amide bonds. The van der Waals surface area contributed by atoms with E-state index in [4.69, 9.17) is 0 Å². The smallest absolute Gasteiger partial charge is 0.0273 e. The van der Waals surface area contributed by atoms with E-state index < -0.39 is 0 Å². The van der Waals surface area contributed by atoms with Crippen molar-refractivity contribution in [3.63, 3.8) is 0 Å². The summed E-state index contributed by atoms with van der Waals surface area (Å²) in [7, 11) is 0. The Hall–Kier alpha value is -0.0800. The van der Waals surface area contributed by atoms with Gasteiger partial charge in [0.25, 0.3) is 0 Å². The van der Waals surface area contributed by atoms with Crippen LogP contribution in [0.15, 0.2) is 0 Å². The summed E-state index contributed by atoms with van der Waals surface area (Å²) in [5.41, 5.74) is 0.611. The van der Waals surface area contributed by atoms with Crippen LogP contribution in [0, 0.1) is 0 Å². The summed E-state index contributed by atoms with van der Waals surface area (Å²) in [6.45, 7) is 19.0. The third-order valence-corrected chi connectivity index (χ3v) is 4.74. The molecular formula is C15H30N2. The van der Waals surface area contributed by atoms with Crippen LogP contribution in [-0.4, -0.2) is 45.0 Å². The first kappa shape index (κ1) is 13.4. The van der Waals surface area contributed by atoms with E-state index in [1.54, 1.807) is 0 Å². The predicted molar refractivity (Wildman–Crippen MR) is 74.3 cm³/mol. The molecule has 3 heterocycles. The highest BCUT2D eigenvalue weighted by Gasteiger charge is 2.57. The molecule has 3 saturated heterocycles. The van der Waals surface area contributed by atoms with Gasteiger partial charge in [0.2, 0.25) is 0 Å². The number of nitrogens with zero attached hydrogens (tertiary/aromatic N) is 2. The van der Waals surface area contributed by atoms with Gasteiger partial charge in [-0.2, -0.15) is 0 Å². The lowest BCUT2D eigenvalue weighted by molar-refractivity contribution is -0.192. The standard InChI is InChI=1S/C15H30N2/c1-10-12-9-13(17(12)15(6,7)8)11(2)16(10)14(3,4)5/h10-13H,9H2,1-8H3. The second-order valence-corrected chi connectivity index (χ2v) is 8.01. The van der Waals surface area contributed by atoms with Crippen LogP contribution in [0.25, 0.3) is 0 Å². The number of fused-ring (bicyclic) bond motifs is 2. The summed E-state index contributed by atoms with van der Waals surface area (Å²) in [5.74, 6) is 0. The summed E-state index contributed by atoms with van der Waals surface area (Å²) in [5, 5.41) is 0. The van der Waals surface area contributed by atoms with Crippen molar-refractivity contribution in [3.05, 3.63) is 0 Å². The van der Waals surface area contributed by atoms with E-state index in [1.165, 1.54) is 6.42 Å². The van der Waals surface area contributed by atoms with Crippen molar-refractivity contribution in [2.24, 2.45) is 0 Å². The maximum Gasteiger partial charge on any atom is 0.0273 e. The molecule has 0 saturated carbocycles. The molecule has 0 aliphatic carbocycles. The first-order chi connectivity index (χ1) is 7.55.